The topological polar surface area (TPSA) is 90.4 Å². The quantitative estimate of drug-likeness (QED) is 0.781. The number of hydrogen-bond acceptors (Lipinski definition) is 7. The van der Waals surface area contributed by atoms with Crippen LogP contribution in [-0.2, 0) is 9.84 Å². The molecule has 0 atom stereocenters. The molecule has 24 heavy (non-hydrogen) atoms. The molecular formula is C16H13N3O4S. The summed E-state index contributed by atoms with van der Waals surface area (Å²) >= 11 is 0. The first-order chi connectivity index (χ1) is 11.5. The van der Waals surface area contributed by atoms with Crippen LogP contribution in [0.15, 0.2) is 47.5 Å². The van der Waals surface area contributed by atoms with Crippen LogP contribution in [0.4, 0.5) is 11.6 Å². The van der Waals surface area contributed by atoms with E-state index in [0.717, 1.165) is 5.69 Å². The Morgan fingerprint density at radius 1 is 1.08 bits per heavy atom. The highest BCUT2D eigenvalue weighted by atomic mass is 32.2. The average molecular weight is 343 g/mol. The number of aromatic nitrogens is 2. The number of benzene rings is 2. The van der Waals surface area contributed by atoms with E-state index >= 15 is 0 Å². The summed E-state index contributed by atoms with van der Waals surface area (Å²) in [5.41, 5.74) is 1.42. The van der Waals surface area contributed by atoms with Crippen LogP contribution in [0.1, 0.15) is 0 Å². The molecule has 0 spiro atoms. The maximum atomic E-state index is 11.6. The first-order valence-electron chi connectivity index (χ1n) is 7.13. The molecule has 1 aromatic heterocycles. The summed E-state index contributed by atoms with van der Waals surface area (Å²) < 4.78 is 33.8. The summed E-state index contributed by atoms with van der Waals surface area (Å²) in [4.78, 5) is 8.87. The minimum Gasteiger partial charge on any atom is -0.454 e. The van der Waals surface area contributed by atoms with Gasteiger partial charge in [0.15, 0.2) is 21.3 Å². The lowest BCUT2D eigenvalue weighted by Crippen LogP contribution is -1.99. The first-order valence-corrected chi connectivity index (χ1v) is 9.02. The van der Waals surface area contributed by atoms with E-state index in [1.54, 1.807) is 18.3 Å². The molecule has 4 rings (SSSR count). The molecule has 2 heterocycles. The van der Waals surface area contributed by atoms with Crippen molar-refractivity contribution in [2.75, 3.05) is 18.4 Å². The molecule has 2 aromatic carbocycles. The second kappa shape index (κ2) is 5.34. The number of rotatable bonds is 3. The number of fused-ring (bicyclic) bond motifs is 2. The maximum absolute atomic E-state index is 11.6. The lowest BCUT2D eigenvalue weighted by Gasteiger charge is -2.07. The molecule has 1 aliphatic rings. The second-order valence-corrected chi connectivity index (χ2v) is 7.40. The molecule has 0 amide bonds. The Labute approximate surface area is 138 Å². The fourth-order valence-corrected chi connectivity index (χ4v) is 3.06. The van der Waals surface area contributed by atoms with E-state index in [1.807, 2.05) is 18.2 Å². The van der Waals surface area contributed by atoms with Crippen molar-refractivity contribution in [1.82, 2.24) is 9.97 Å². The first kappa shape index (κ1) is 14.7. The summed E-state index contributed by atoms with van der Waals surface area (Å²) in [5.74, 6) is 1.78. The zero-order valence-corrected chi connectivity index (χ0v) is 13.5. The number of ether oxygens (including phenoxy) is 2. The van der Waals surface area contributed by atoms with Crippen molar-refractivity contribution in [3.8, 4) is 11.5 Å². The number of sulfone groups is 1. The van der Waals surface area contributed by atoms with Crippen molar-refractivity contribution in [1.29, 1.82) is 0 Å². The van der Waals surface area contributed by atoms with Gasteiger partial charge in [0, 0.05) is 29.6 Å². The van der Waals surface area contributed by atoms with Gasteiger partial charge in [-0.3, -0.25) is 0 Å². The van der Waals surface area contributed by atoms with Gasteiger partial charge in [-0.05, 0) is 30.3 Å². The molecule has 0 fully saturated rings. The SMILES string of the molecule is CS(=O)(=O)c1ccc2nc(Nc3ccc4c(c3)OCO4)ncc2c1. The number of nitrogens with zero attached hydrogens (tertiary/aromatic N) is 2. The summed E-state index contributed by atoms with van der Waals surface area (Å²) in [7, 11) is -3.26. The highest BCUT2D eigenvalue weighted by Gasteiger charge is 2.14. The van der Waals surface area contributed by atoms with Crippen LogP contribution in [0.5, 0.6) is 11.5 Å². The predicted molar refractivity (Wildman–Crippen MR) is 88.5 cm³/mol. The molecule has 1 aliphatic heterocycles. The molecule has 8 heteroatoms. The lowest BCUT2D eigenvalue weighted by molar-refractivity contribution is 0.174. The molecule has 0 unspecified atom stereocenters. The summed E-state index contributed by atoms with van der Waals surface area (Å²) in [6.07, 6.45) is 2.76. The van der Waals surface area contributed by atoms with Gasteiger partial charge < -0.3 is 14.8 Å². The van der Waals surface area contributed by atoms with Gasteiger partial charge in [-0.25, -0.2) is 18.4 Å². The number of hydrogen-bond donors (Lipinski definition) is 1. The standard InChI is InChI=1S/C16H13N3O4S/c1-24(20,21)12-3-4-13-10(6-12)8-17-16(19-13)18-11-2-5-14-15(7-11)23-9-22-14/h2-8H,9H2,1H3,(H,17,18,19). The van der Waals surface area contributed by atoms with E-state index in [2.05, 4.69) is 15.3 Å². The van der Waals surface area contributed by atoms with Crippen molar-refractivity contribution >= 4 is 32.4 Å². The van der Waals surface area contributed by atoms with Gasteiger partial charge in [-0.2, -0.15) is 0 Å². The van der Waals surface area contributed by atoms with E-state index in [9.17, 15) is 8.42 Å². The predicted octanol–water partition coefficient (Wildman–Crippen LogP) is 2.51. The van der Waals surface area contributed by atoms with E-state index in [-0.39, 0.29) is 11.7 Å². The van der Waals surface area contributed by atoms with Crippen molar-refractivity contribution in [3.05, 3.63) is 42.6 Å². The van der Waals surface area contributed by atoms with Crippen molar-refractivity contribution in [3.63, 3.8) is 0 Å². The van der Waals surface area contributed by atoms with Gasteiger partial charge in [-0.1, -0.05) is 0 Å². The molecule has 1 N–H and O–H groups in total. The Morgan fingerprint density at radius 2 is 1.92 bits per heavy atom. The molecule has 3 aromatic rings. The van der Waals surface area contributed by atoms with E-state index in [1.165, 1.54) is 12.3 Å². The van der Waals surface area contributed by atoms with Crippen LogP contribution < -0.4 is 14.8 Å². The van der Waals surface area contributed by atoms with Crippen LogP contribution in [0.2, 0.25) is 0 Å². The highest BCUT2D eigenvalue weighted by molar-refractivity contribution is 7.90. The second-order valence-electron chi connectivity index (χ2n) is 5.38. The van der Waals surface area contributed by atoms with E-state index in [0.29, 0.717) is 28.4 Å². The third kappa shape index (κ3) is 2.71. The summed E-state index contributed by atoms with van der Waals surface area (Å²) in [5, 5.41) is 3.76. The Kier molecular flexibility index (Phi) is 3.27. The van der Waals surface area contributed by atoms with E-state index in [4.69, 9.17) is 9.47 Å². The van der Waals surface area contributed by atoms with Crippen molar-refractivity contribution < 1.29 is 17.9 Å². The summed E-state index contributed by atoms with van der Waals surface area (Å²) in [6, 6.07) is 10.2. The smallest absolute Gasteiger partial charge is 0.231 e. The van der Waals surface area contributed by atoms with Crippen LogP contribution in [-0.4, -0.2) is 31.4 Å². The van der Waals surface area contributed by atoms with Gasteiger partial charge in [0.25, 0.3) is 0 Å². The molecule has 122 valence electrons. The Hall–Kier alpha value is -2.87. The molecule has 0 bridgehead atoms. The van der Waals surface area contributed by atoms with E-state index < -0.39 is 9.84 Å². The zero-order chi connectivity index (χ0) is 16.7. The third-order valence-electron chi connectivity index (χ3n) is 3.61. The largest absolute Gasteiger partial charge is 0.454 e. The molecule has 0 saturated carbocycles. The van der Waals surface area contributed by atoms with Crippen LogP contribution in [0.25, 0.3) is 10.9 Å². The van der Waals surface area contributed by atoms with Crippen LogP contribution in [0.3, 0.4) is 0 Å². The minimum absolute atomic E-state index is 0.216. The van der Waals surface area contributed by atoms with Gasteiger partial charge in [0.05, 0.1) is 10.4 Å². The van der Waals surface area contributed by atoms with Crippen molar-refractivity contribution in [2.24, 2.45) is 0 Å². The van der Waals surface area contributed by atoms with Crippen molar-refractivity contribution in [2.45, 2.75) is 4.90 Å². The zero-order valence-electron chi connectivity index (χ0n) is 12.7. The Morgan fingerprint density at radius 3 is 2.75 bits per heavy atom. The van der Waals surface area contributed by atoms with Gasteiger partial charge >= 0.3 is 0 Å². The molecular weight excluding hydrogens is 330 g/mol. The lowest BCUT2D eigenvalue weighted by atomic mass is 10.2. The third-order valence-corrected chi connectivity index (χ3v) is 4.72. The normalized spacial score (nSPS) is 13.2. The number of anilines is 2. The van der Waals surface area contributed by atoms with Gasteiger partial charge in [0.1, 0.15) is 0 Å². The minimum atomic E-state index is -3.26. The molecule has 0 aliphatic carbocycles. The maximum Gasteiger partial charge on any atom is 0.231 e. The highest BCUT2D eigenvalue weighted by Crippen LogP contribution is 2.34. The fourth-order valence-electron chi connectivity index (χ4n) is 2.41. The molecule has 0 radical (unpaired) electrons. The molecule has 0 saturated heterocycles. The van der Waals surface area contributed by atoms with Crippen LogP contribution >= 0.6 is 0 Å². The molecule has 7 nitrogen and oxygen atoms in total. The summed E-state index contributed by atoms with van der Waals surface area (Å²) in [6.45, 7) is 0.216. The van der Waals surface area contributed by atoms with Gasteiger partial charge in [-0.15, -0.1) is 0 Å². The fraction of sp³-hybridized carbons (Fsp3) is 0.125. The van der Waals surface area contributed by atoms with Gasteiger partial charge in [0.2, 0.25) is 12.7 Å². The Bertz CT molecular complexity index is 1050. The Balaban J connectivity index is 1.65. The van der Waals surface area contributed by atoms with Crippen LogP contribution in [0, 0.1) is 0 Å². The number of nitrogens with one attached hydrogen (secondary N) is 1. The monoisotopic (exact) mass is 343 g/mol. The average Bonchev–Trinajstić information content (AvgIpc) is 3.01.